The van der Waals surface area contributed by atoms with Crippen molar-refractivity contribution in [1.29, 1.82) is 0 Å². The van der Waals surface area contributed by atoms with Crippen molar-refractivity contribution in [3.63, 3.8) is 0 Å². The Morgan fingerprint density at radius 2 is 2.11 bits per heavy atom. The summed E-state index contributed by atoms with van der Waals surface area (Å²) < 4.78 is 0. The van der Waals surface area contributed by atoms with Crippen LogP contribution in [0.3, 0.4) is 0 Å². The van der Waals surface area contributed by atoms with Crippen molar-refractivity contribution in [1.82, 2.24) is 5.32 Å². The van der Waals surface area contributed by atoms with Gasteiger partial charge >= 0.3 is 0 Å². The molecule has 0 heterocycles. The van der Waals surface area contributed by atoms with Gasteiger partial charge in [-0.1, -0.05) is 23.8 Å². The number of hydrogen-bond acceptors (Lipinski definition) is 3. The molecule has 0 saturated heterocycles. The van der Waals surface area contributed by atoms with E-state index in [1.165, 1.54) is 11.8 Å². The van der Waals surface area contributed by atoms with E-state index in [-0.39, 0.29) is 24.5 Å². The van der Waals surface area contributed by atoms with Crippen molar-refractivity contribution in [3.8, 4) is 0 Å². The summed E-state index contributed by atoms with van der Waals surface area (Å²) in [6.45, 7) is 0.141. The van der Waals surface area contributed by atoms with Gasteiger partial charge in [-0.2, -0.15) is 0 Å². The first kappa shape index (κ1) is 14.4. The van der Waals surface area contributed by atoms with Crippen molar-refractivity contribution in [3.05, 3.63) is 41.4 Å². The van der Waals surface area contributed by atoms with E-state index in [9.17, 15) is 4.79 Å². The summed E-state index contributed by atoms with van der Waals surface area (Å²) in [7, 11) is 0. The zero-order valence-corrected chi connectivity index (χ0v) is 12.0. The van der Waals surface area contributed by atoms with Gasteiger partial charge in [0.2, 0.25) is 5.91 Å². The number of aliphatic hydroxyl groups is 1. The molecular formula is C14H16ClNO2S. The Labute approximate surface area is 122 Å². The van der Waals surface area contributed by atoms with Crippen LogP contribution in [0.15, 0.2) is 41.3 Å². The van der Waals surface area contributed by atoms with Crippen molar-refractivity contribution < 1.29 is 9.90 Å². The zero-order chi connectivity index (χ0) is 13.7. The number of carbonyl (C=O) groups is 1. The topological polar surface area (TPSA) is 49.3 Å². The van der Waals surface area contributed by atoms with Gasteiger partial charge in [-0.15, -0.1) is 11.8 Å². The van der Waals surface area contributed by atoms with Crippen LogP contribution in [0.25, 0.3) is 0 Å². The first-order chi connectivity index (χ1) is 9.17. The van der Waals surface area contributed by atoms with Crippen molar-refractivity contribution in [2.75, 3.05) is 12.4 Å². The SMILES string of the molecule is O=C(CSc1ccc(Cl)cc1)N[C@@H]1C=C[C@H](CO)C1. The minimum absolute atomic E-state index is 0.00758. The van der Waals surface area contributed by atoms with E-state index in [1.807, 2.05) is 36.4 Å². The largest absolute Gasteiger partial charge is 0.396 e. The Morgan fingerprint density at radius 3 is 2.74 bits per heavy atom. The highest BCUT2D eigenvalue weighted by molar-refractivity contribution is 8.00. The molecule has 0 spiro atoms. The monoisotopic (exact) mass is 297 g/mol. The number of rotatable bonds is 5. The fourth-order valence-electron chi connectivity index (χ4n) is 1.95. The normalized spacial score (nSPS) is 21.6. The van der Waals surface area contributed by atoms with E-state index in [4.69, 9.17) is 16.7 Å². The molecule has 1 aromatic carbocycles. The van der Waals surface area contributed by atoms with Gasteiger partial charge in [0.05, 0.1) is 5.75 Å². The maximum absolute atomic E-state index is 11.8. The number of hydrogen-bond donors (Lipinski definition) is 2. The molecule has 2 rings (SSSR count). The van der Waals surface area contributed by atoms with Crippen LogP contribution in [0.1, 0.15) is 6.42 Å². The lowest BCUT2D eigenvalue weighted by molar-refractivity contribution is -0.119. The number of thioether (sulfide) groups is 1. The number of carbonyl (C=O) groups excluding carboxylic acids is 1. The van der Waals surface area contributed by atoms with E-state index < -0.39 is 0 Å². The van der Waals surface area contributed by atoms with Crippen LogP contribution in [-0.4, -0.2) is 29.4 Å². The van der Waals surface area contributed by atoms with Gasteiger partial charge in [-0.3, -0.25) is 4.79 Å². The highest BCUT2D eigenvalue weighted by atomic mass is 35.5. The summed E-state index contributed by atoms with van der Waals surface area (Å²) in [4.78, 5) is 12.8. The molecule has 2 atom stereocenters. The van der Waals surface area contributed by atoms with Crippen LogP contribution in [0.4, 0.5) is 0 Å². The third kappa shape index (κ3) is 4.56. The second-order valence-electron chi connectivity index (χ2n) is 4.48. The van der Waals surface area contributed by atoms with E-state index in [2.05, 4.69) is 5.32 Å². The van der Waals surface area contributed by atoms with Gasteiger partial charge < -0.3 is 10.4 Å². The molecule has 0 aliphatic heterocycles. The molecule has 0 bridgehead atoms. The molecule has 0 unspecified atom stereocenters. The number of nitrogens with one attached hydrogen (secondary N) is 1. The van der Waals surface area contributed by atoms with E-state index in [1.54, 1.807) is 0 Å². The van der Waals surface area contributed by atoms with E-state index >= 15 is 0 Å². The van der Waals surface area contributed by atoms with E-state index in [0.29, 0.717) is 10.8 Å². The smallest absolute Gasteiger partial charge is 0.230 e. The van der Waals surface area contributed by atoms with Crippen LogP contribution < -0.4 is 5.32 Å². The lowest BCUT2D eigenvalue weighted by Crippen LogP contribution is -2.34. The van der Waals surface area contributed by atoms with Gasteiger partial charge in [-0.25, -0.2) is 0 Å². The predicted octanol–water partition coefficient (Wildman–Crippen LogP) is 2.49. The van der Waals surface area contributed by atoms with Crippen molar-refractivity contribution in [2.24, 2.45) is 5.92 Å². The van der Waals surface area contributed by atoms with Gasteiger partial charge in [0.15, 0.2) is 0 Å². The van der Waals surface area contributed by atoms with Crippen molar-refractivity contribution in [2.45, 2.75) is 17.4 Å². The number of benzene rings is 1. The molecule has 19 heavy (non-hydrogen) atoms. The number of amides is 1. The maximum Gasteiger partial charge on any atom is 0.230 e. The minimum Gasteiger partial charge on any atom is -0.396 e. The lowest BCUT2D eigenvalue weighted by atomic mass is 10.1. The van der Waals surface area contributed by atoms with Crippen molar-refractivity contribution >= 4 is 29.3 Å². The van der Waals surface area contributed by atoms with Crippen LogP contribution in [-0.2, 0) is 4.79 Å². The molecule has 1 aliphatic rings. The minimum atomic E-state index is 0.00758. The number of halogens is 1. The lowest BCUT2D eigenvalue weighted by Gasteiger charge is -2.12. The summed E-state index contributed by atoms with van der Waals surface area (Å²) in [6, 6.07) is 7.48. The summed E-state index contributed by atoms with van der Waals surface area (Å²) in [5, 5.41) is 12.6. The Kier molecular flexibility index (Phi) is 5.31. The second kappa shape index (κ2) is 6.98. The van der Waals surface area contributed by atoms with Crippen LogP contribution >= 0.6 is 23.4 Å². The van der Waals surface area contributed by atoms with Gasteiger partial charge in [0.1, 0.15) is 0 Å². The summed E-state index contributed by atoms with van der Waals surface area (Å²) in [5.74, 6) is 0.567. The molecule has 5 heteroatoms. The molecule has 1 amide bonds. The number of aliphatic hydroxyl groups excluding tert-OH is 1. The van der Waals surface area contributed by atoms with Crippen LogP contribution in [0.5, 0.6) is 0 Å². The zero-order valence-electron chi connectivity index (χ0n) is 10.4. The third-order valence-electron chi connectivity index (χ3n) is 2.94. The average molecular weight is 298 g/mol. The molecule has 0 aromatic heterocycles. The van der Waals surface area contributed by atoms with Gasteiger partial charge in [0.25, 0.3) is 0 Å². The van der Waals surface area contributed by atoms with Gasteiger partial charge in [-0.05, 0) is 30.7 Å². The second-order valence-corrected chi connectivity index (χ2v) is 5.97. The highest BCUT2D eigenvalue weighted by Gasteiger charge is 2.19. The first-order valence-corrected chi connectivity index (χ1v) is 7.50. The predicted molar refractivity (Wildman–Crippen MR) is 78.4 cm³/mol. The Morgan fingerprint density at radius 1 is 1.37 bits per heavy atom. The Bertz CT molecular complexity index is 461. The standard InChI is InChI=1S/C14H16ClNO2S/c15-11-2-5-13(6-3-11)19-9-14(18)16-12-4-1-10(7-12)8-17/h1-6,10,12,17H,7-9H2,(H,16,18)/t10-,12+/m0/s1. The molecule has 1 aliphatic carbocycles. The van der Waals surface area contributed by atoms with Crippen LogP contribution in [0.2, 0.25) is 5.02 Å². The summed E-state index contributed by atoms with van der Waals surface area (Å²) in [5.41, 5.74) is 0. The third-order valence-corrected chi connectivity index (χ3v) is 4.20. The molecule has 102 valence electrons. The highest BCUT2D eigenvalue weighted by Crippen LogP contribution is 2.21. The molecular weight excluding hydrogens is 282 g/mol. The molecule has 1 aromatic rings. The van der Waals surface area contributed by atoms with E-state index in [0.717, 1.165) is 11.3 Å². The fourth-order valence-corrected chi connectivity index (χ4v) is 2.78. The van der Waals surface area contributed by atoms with Gasteiger partial charge in [0, 0.05) is 28.5 Å². The summed E-state index contributed by atoms with van der Waals surface area (Å²) >= 11 is 7.28. The molecule has 0 fully saturated rings. The van der Waals surface area contributed by atoms with Crippen LogP contribution in [0, 0.1) is 5.92 Å². The first-order valence-electron chi connectivity index (χ1n) is 6.14. The fraction of sp³-hybridized carbons (Fsp3) is 0.357. The molecule has 3 nitrogen and oxygen atoms in total. The Balaban J connectivity index is 1.73. The maximum atomic E-state index is 11.8. The molecule has 0 radical (unpaired) electrons. The summed E-state index contributed by atoms with van der Waals surface area (Å²) in [6.07, 6.45) is 4.69. The Hall–Kier alpha value is -0.970. The molecule has 0 saturated carbocycles. The quantitative estimate of drug-likeness (QED) is 0.648. The average Bonchev–Trinajstić information content (AvgIpc) is 2.86. The molecule has 2 N–H and O–H groups in total.